The third kappa shape index (κ3) is 5.60. The van der Waals surface area contributed by atoms with E-state index in [0.717, 1.165) is 6.42 Å². The number of carbonyl (C=O) groups excluding carboxylic acids is 1. The van der Waals surface area contributed by atoms with Gasteiger partial charge in [-0.2, -0.15) is 0 Å². The summed E-state index contributed by atoms with van der Waals surface area (Å²) in [5.41, 5.74) is 5.42. The molecule has 78 valence electrons. The van der Waals surface area contributed by atoms with E-state index in [1.165, 1.54) is 0 Å². The third-order valence-corrected chi connectivity index (χ3v) is 1.90. The Morgan fingerprint density at radius 1 is 1.54 bits per heavy atom. The Labute approximate surface area is 79.8 Å². The van der Waals surface area contributed by atoms with Crippen LogP contribution in [0.15, 0.2) is 0 Å². The Kier molecular flexibility index (Phi) is 7.63. The lowest BCUT2D eigenvalue weighted by molar-refractivity contribution is -0.125. The summed E-state index contributed by atoms with van der Waals surface area (Å²) < 4.78 is 5.08. The zero-order valence-electron chi connectivity index (χ0n) is 8.51. The number of rotatable bonds is 7. The van der Waals surface area contributed by atoms with Crippen molar-refractivity contribution in [2.45, 2.75) is 20.3 Å². The Balaban J connectivity index is 3.48. The van der Waals surface area contributed by atoms with Crippen LogP contribution in [0, 0.1) is 5.92 Å². The first kappa shape index (κ1) is 12.4. The fourth-order valence-corrected chi connectivity index (χ4v) is 0.994. The molecule has 0 rings (SSSR count). The van der Waals surface area contributed by atoms with Gasteiger partial charge in [-0.1, -0.05) is 6.92 Å². The lowest BCUT2D eigenvalue weighted by Crippen LogP contribution is -2.36. The van der Waals surface area contributed by atoms with Gasteiger partial charge in [0.15, 0.2) is 0 Å². The predicted molar refractivity (Wildman–Crippen MR) is 52.3 cm³/mol. The van der Waals surface area contributed by atoms with E-state index >= 15 is 0 Å². The molecule has 1 atom stereocenters. The summed E-state index contributed by atoms with van der Waals surface area (Å²) in [5, 5.41) is 2.78. The minimum atomic E-state index is -0.0540. The van der Waals surface area contributed by atoms with Crippen LogP contribution in [0.3, 0.4) is 0 Å². The fourth-order valence-electron chi connectivity index (χ4n) is 0.994. The van der Waals surface area contributed by atoms with Gasteiger partial charge in [-0.05, 0) is 13.3 Å². The highest BCUT2D eigenvalue weighted by Crippen LogP contribution is 1.98. The average Bonchev–Trinajstić information content (AvgIpc) is 2.14. The van der Waals surface area contributed by atoms with Gasteiger partial charge in [-0.15, -0.1) is 0 Å². The quantitative estimate of drug-likeness (QED) is 0.558. The molecular formula is C9H20N2O2. The monoisotopic (exact) mass is 188 g/mol. The first-order valence-corrected chi connectivity index (χ1v) is 4.81. The first-order valence-electron chi connectivity index (χ1n) is 4.81. The van der Waals surface area contributed by atoms with Crippen molar-refractivity contribution in [1.82, 2.24) is 5.32 Å². The van der Waals surface area contributed by atoms with Crippen LogP contribution in [-0.4, -0.2) is 32.2 Å². The Morgan fingerprint density at radius 3 is 2.69 bits per heavy atom. The summed E-state index contributed by atoms with van der Waals surface area (Å²) in [5.74, 6) is -0.0219. The zero-order chi connectivity index (χ0) is 10.1. The molecule has 0 aliphatic carbocycles. The molecule has 4 heteroatoms. The van der Waals surface area contributed by atoms with Crippen LogP contribution >= 0.6 is 0 Å². The van der Waals surface area contributed by atoms with Gasteiger partial charge in [0.2, 0.25) is 5.91 Å². The maximum atomic E-state index is 11.3. The fraction of sp³-hybridized carbons (Fsp3) is 0.889. The minimum absolute atomic E-state index is 0.0321. The molecule has 0 aliphatic heterocycles. The highest BCUT2D eigenvalue weighted by Gasteiger charge is 2.12. The van der Waals surface area contributed by atoms with Crippen molar-refractivity contribution >= 4 is 5.91 Å². The molecule has 4 nitrogen and oxygen atoms in total. The number of hydrogen-bond donors (Lipinski definition) is 2. The Hall–Kier alpha value is -0.610. The predicted octanol–water partition coefficient (Wildman–Crippen LogP) is 0.124. The van der Waals surface area contributed by atoms with Crippen molar-refractivity contribution in [3.63, 3.8) is 0 Å². The second-order valence-corrected chi connectivity index (χ2v) is 2.83. The minimum Gasteiger partial charge on any atom is -0.380 e. The van der Waals surface area contributed by atoms with Crippen molar-refractivity contribution in [1.29, 1.82) is 0 Å². The molecule has 0 radical (unpaired) electrons. The number of nitrogens with two attached hydrogens (primary N) is 1. The van der Waals surface area contributed by atoms with Crippen LogP contribution < -0.4 is 11.1 Å². The van der Waals surface area contributed by atoms with E-state index < -0.39 is 0 Å². The largest absolute Gasteiger partial charge is 0.380 e. The summed E-state index contributed by atoms with van der Waals surface area (Å²) in [6, 6.07) is 0. The van der Waals surface area contributed by atoms with Gasteiger partial charge in [-0.3, -0.25) is 4.79 Å². The van der Waals surface area contributed by atoms with Gasteiger partial charge in [0.1, 0.15) is 0 Å². The summed E-state index contributed by atoms with van der Waals surface area (Å²) in [4.78, 5) is 11.3. The molecule has 0 aromatic heterocycles. The van der Waals surface area contributed by atoms with Gasteiger partial charge in [0.05, 0.1) is 6.61 Å². The maximum absolute atomic E-state index is 11.3. The SMILES string of the molecule is CCOCCNC(=O)C(CC)CN. The van der Waals surface area contributed by atoms with Crippen LogP contribution in [-0.2, 0) is 9.53 Å². The highest BCUT2D eigenvalue weighted by molar-refractivity contribution is 5.78. The van der Waals surface area contributed by atoms with E-state index in [4.69, 9.17) is 10.5 Å². The molecule has 0 heterocycles. The van der Waals surface area contributed by atoms with Crippen molar-refractivity contribution < 1.29 is 9.53 Å². The molecule has 1 unspecified atom stereocenters. The van der Waals surface area contributed by atoms with Crippen LogP contribution in [0.25, 0.3) is 0 Å². The Bertz CT molecular complexity index is 136. The molecule has 0 aromatic carbocycles. The normalized spacial score (nSPS) is 12.5. The van der Waals surface area contributed by atoms with Crippen molar-refractivity contribution in [2.75, 3.05) is 26.3 Å². The molecule has 13 heavy (non-hydrogen) atoms. The van der Waals surface area contributed by atoms with Gasteiger partial charge in [-0.25, -0.2) is 0 Å². The number of hydrogen-bond acceptors (Lipinski definition) is 3. The second kappa shape index (κ2) is 8.01. The van der Waals surface area contributed by atoms with E-state index in [2.05, 4.69) is 5.32 Å². The summed E-state index contributed by atoms with van der Waals surface area (Å²) in [6.45, 7) is 6.13. The smallest absolute Gasteiger partial charge is 0.224 e. The van der Waals surface area contributed by atoms with Crippen molar-refractivity contribution in [3.05, 3.63) is 0 Å². The van der Waals surface area contributed by atoms with Gasteiger partial charge in [0, 0.05) is 25.6 Å². The maximum Gasteiger partial charge on any atom is 0.224 e. The molecule has 0 saturated carbocycles. The zero-order valence-corrected chi connectivity index (χ0v) is 8.51. The summed E-state index contributed by atoms with van der Waals surface area (Å²) in [7, 11) is 0. The standard InChI is InChI=1S/C9H20N2O2/c1-3-8(7-10)9(12)11-5-6-13-4-2/h8H,3-7,10H2,1-2H3,(H,11,12). The van der Waals surface area contributed by atoms with Crippen molar-refractivity contribution in [3.8, 4) is 0 Å². The molecule has 0 aliphatic rings. The van der Waals surface area contributed by atoms with Crippen LogP contribution in [0.2, 0.25) is 0 Å². The van der Waals surface area contributed by atoms with E-state index in [1.54, 1.807) is 0 Å². The summed E-state index contributed by atoms with van der Waals surface area (Å²) >= 11 is 0. The average molecular weight is 188 g/mol. The number of amides is 1. The highest BCUT2D eigenvalue weighted by atomic mass is 16.5. The molecule has 0 spiro atoms. The van der Waals surface area contributed by atoms with Crippen LogP contribution in [0.1, 0.15) is 20.3 Å². The third-order valence-electron chi connectivity index (χ3n) is 1.90. The Morgan fingerprint density at radius 2 is 2.23 bits per heavy atom. The van der Waals surface area contributed by atoms with Gasteiger partial charge < -0.3 is 15.8 Å². The first-order chi connectivity index (χ1) is 6.26. The number of nitrogens with one attached hydrogen (secondary N) is 1. The molecule has 1 amide bonds. The summed E-state index contributed by atoms with van der Waals surface area (Å²) in [6.07, 6.45) is 0.789. The van der Waals surface area contributed by atoms with E-state index in [0.29, 0.717) is 26.3 Å². The molecular weight excluding hydrogens is 168 g/mol. The topological polar surface area (TPSA) is 64.3 Å². The number of carbonyl (C=O) groups is 1. The van der Waals surface area contributed by atoms with Crippen molar-refractivity contribution in [2.24, 2.45) is 11.7 Å². The van der Waals surface area contributed by atoms with Crippen LogP contribution in [0.4, 0.5) is 0 Å². The van der Waals surface area contributed by atoms with Gasteiger partial charge >= 0.3 is 0 Å². The second-order valence-electron chi connectivity index (χ2n) is 2.83. The lowest BCUT2D eigenvalue weighted by atomic mass is 10.1. The molecule has 0 bridgehead atoms. The van der Waals surface area contributed by atoms with E-state index in [1.807, 2.05) is 13.8 Å². The molecule has 0 saturated heterocycles. The molecule has 3 N–H and O–H groups in total. The lowest BCUT2D eigenvalue weighted by Gasteiger charge is -2.12. The van der Waals surface area contributed by atoms with Crippen LogP contribution in [0.5, 0.6) is 0 Å². The number of ether oxygens (including phenoxy) is 1. The molecule has 0 aromatic rings. The van der Waals surface area contributed by atoms with Gasteiger partial charge in [0.25, 0.3) is 0 Å². The van der Waals surface area contributed by atoms with E-state index in [9.17, 15) is 4.79 Å². The van der Waals surface area contributed by atoms with E-state index in [-0.39, 0.29) is 11.8 Å². The molecule has 0 fully saturated rings.